The highest BCUT2D eigenvalue weighted by Gasteiger charge is 2.08. The fraction of sp³-hybridized carbons (Fsp3) is 0.400. The predicted molar refractivity (Wildman–Crippen MR) is 87.7 cm³/mol. The van der Waals surface area contributed by atoms with Crippen molar-refractivity contribution in [3.8, 4) is 0 Å². The molecule has 1 N–H and O–H groups in total. The second-order valence-corrected chi connectivity index (χ2v) is 5.95. The van der Waals surface area contributed by atoms with Gasteiger partial charge in [0.25, 0.3) is 0 Å². The summed E-state index contributed by atoms with van der Waals surface area (Å²) in [5, 5.41) is 8.32. The third kappa shape index (κ3) is 4.20. The van der Waals surface area contributed by atoms with Gasteiger partial charge in [0.15, 0.2) is 0 Å². The molecule has 0 amide bonds. The lowest BCUT2D eigenvalue weighted by Gasteiger charge is -2.19. The molecule has 0 bridgehead atoms. The maximum atomic E-state index is 6.20. The monoisotopic (exact) mass is 309 g/mol. The molecule has 2 aromatic heterocycles. The molecular weight excluding hydrogens is 290 g/mol. The number of hydrogen-bond acceptors (Lipinski definition) is 4. The van der Waals surface area contributed by atoms with Gasteiger partial charge in [0.05, 0.1) is 10.7 Å². The molecule has 3 nitrogen and oxygen atoms in total. The number of aromatic nitrogens is 1. The van der Waals surface area contributed by atoms with Crippen LogP contribution in [-0.2, 0) is 13.1 Å². The predicted octanol–water partition coefficient (Wildman–Crippen LogP) is 3.93. The number of halogens is 1. The molecule has 0 radical (unpaired) electrons. The van der Waals surface area contributed by atoms with Crippen LogP contribution >= 0.6 is 22.9 Å². The summed E-state index contributed by atoms with van der Waals surface area (Å²) in [5.41, 5.74) is 2.22. The van der Waals surface area contributed by atoms with Gasteiger partial charge >= 0.3 is 0 Å². The van der Waals surface area contributed by atoms with Gasteiger partial charge in [-0.05, 0) is 47.5 Å². The Hall–Kier alpha value is -1.10. The van der Waals surface area contributed by atoms with Crippen LogP contribution in [0.3, 0.4) is 0 Å². The average molecular weight is 310 g/mol. The van der Waals surface area contributed by atoms with Gasteiger partial charge in [-0.15, -0.1) is 0 Å². The Labute approximate surface area is 129 Å². The molecule has 0 aliphatic rings. The van der Waals surface area contributed by atoms with Crippen molar-refractivity contribution in [2.24, 2.45) is 0 Å². The molecule has 2 heterocycles. The van der Waals surface area contributed by atoms with Gasteiger partial charge in [-0.2, -0.15) is 11.3 Å². The number of hydrogen-bond donors (Lipinski definition) is 1. The number of nitrogens with one attached hydrogen (secondary N) is 1. The molecule has 0 aliphatic heterocycles. The number of nitrogens with zero attached hydrogens (tertiary/aromatic N) is 2. The summed E-state index contributed by atoms with van der Waals surface area (Å²) in [6.45, 7) is 4.70. The van der Waals surface area contributed by atoms with E-state index >= 15 is 0 Å². The van der Waals surface area contributed by atoms with E-state index in [4.69, 9.17) is 11.6 Å². The molecule has 108 valence electrons. The van der Waals surface area contributed by atoms with Crippen LogP contribution in [0.15, 0.2) is 29.0 Å². The minimum absolute atomic E-state index is 0.715. The van der Waals surface area contributed by atoms with E-state index in [1.807, 2.05) is 12.1 Å². The highest BCUT2D eigenvalue weighted by Crippen LogP contribution is 2.20. The fourth-order valence-corrected chi connectivity index (χ4v) is 2.76. The SMILES string of the molecule is CCCNCc1nc(N(C)Cc2ccsc2)ccc1Cl. The van der Waals surface area contributed by atoms with E-state index in [1.54, 1.807) is 11.3 Å². The third-order valence-corrected chi connectivity index (χ3v) is 4.09. The Bertz CT molecular complexity index is 528. The molecule has 0 aromatic carbocycles. The van der Waals surface area contributed by atoms with E-state index < -0.39 is 0 Å². The standard InChI is InChI=1S/C15H20ClN3S/c1-3-7-17-9-14-13(16)4-5-15(18-14)19(2)10-12-6-8-20-11-12/h4-6,8,11,17H,3,7,9-10H2,1-2H3. The summed E-state index contributed by atoms with van der Waals surface area (Å²) < 4.78 is 0. The van der Waals surface area contributed by atoms with Crippen LogP contribution in [0.2, 0.25) is 5.02 Å². The lowest BCUT2D eigenvalue weighted by atomic mass is 10.3. The minimum atomic E-state index is 0.715. The number of thiophene rings is 1. The third-order valence-electron chi connectivity index (χ3n) is 3.01. The summed E-state index contributed by atoms with van der Waals surface area (Å²) in [6, 6.07) is 6.04. The first-order chi connectivity index (χ1) is 9.70. The van der Waals surface area contributed by atoms with Crippen molar-refractivity contribution in [3.63, 3.8) is 0 Å². The van der Waals surface area contributed by atoms with Crippen molar-refractivity contribution in [1.82, 2.24) is 10.3 Å². The Morgan fingerprint density at radius 1 is 1.35 bits per heavy atom. The Morgan fingerprint density at radius 2 is 2.20 bits per heavy atom. The van der Waals surface area contributed by atoms with Crippen LogP contribution in [-0.4, -0.2) is 18.6 Å². The topological polar surface area (TPSA) is 28.2 Å². The molecule has 0 spiro atoms. The highest BCUT2D eigenvalue weighted by molar-refractivity contribution is 7.07. The largest absolute Gasteiger partial charge is 0.355 e. The van der Waals surface area contributed by atoms with Gasteiger partial charge in [-0.1, -0.05) is 18.5 Å². The molecule has 0 saturated carbocycles. The van der Waals surface area contributed by atoms with E-state index in [9.17, 15) is 0 Å². The van der Waals surface area contributed by atoms with E-state index in [1.165, 1.54) is 5.56 Å². The maximum absolute atomic E-state index is 6.20. The molecule has 0 saturated heterocycles. The molecule has 20 heavy (non-hydrogen) atoms. The Morgan fingerprint density at radius 3 is 2.90 bits per heavy atom. The molecular formula is C15H20ClN3S. The molecule has 0 unspecified atom stereocenters. The summed E-state index contributed by atoms with van der Waals surface area (Å²) in [7, 11) is 2.05. The summed E-state index contributed by atoms with van der Waals surface area (Å²) >= 11 is 7.92. The highest BCUT2D eigenvalue weighted by atomic mass is 35.5. The lowest BCUT2D eigenvalue weighted by molar-refractivity contribution is 0.663. The van der Waals surface area contributed by atoms with Crippen LogP contribution in [0.25, 0.3) is 0 Å². The van der Waals surface area contributed by atoms with Gasteiger partial charge < -0.3 is 10.2 Å². The second kappa shape index (κ2) is 7.62. The lowest BCUT2D eigenvalue weighted by Crippen LogP contribution is -2.20. The van der Waals surface area contributed by atoms with E-state index in [2.05, 4.69) is 46.0 Å². The van der Waals surface area contributed by atoms with Crippen molar-refractivity contribution >= 4 is 28.8 Å². The van der Waals surface area contributed by atoms with Crippen LogP contribution in [0.1, 0.15) is 24.6 Å². The summed E-state index contributed by atoms with van der Waals surface area (Å²) in [5.74, 6) is 0.953. The van der Waals surface area contributed by atoms with E-state index in [-0.39, 0.29) is 0 Å². The van der Waals surface area contributed by atoms with Crippen LogP contribution in [0, 0.1) is 0 Å². The van der Waals surface area contributed by atoms with E-state index in [0.717, 1.165) is 36.0 Å². The minimum Gasteiger partial charge on any atom is -0.355 e. The van der Waals surface area contributed by atoms with Crippen molar-refractivity contribution in [2.45, 2.75) is 26.4 Å². The van der Waals surface area contributed by atoms with E-state index in [0.29, 0.717) is 6.54 Å². The first-order valence-corrected chi connectivity index (χ1v) is 8.11. The van der Waals surface area contributed by atoms with Crippen LogP contribution in [0.5, 0.6) is 0 Å². The van der Waals surface area contributed by atoms with Gasteiger partial charge in [0.2, 0.25) is 0 Å². The maximum Gasteiger partial charge on any atom is 0.129 e. The first-order valence-electron chi connectivity index (χ1n) is 6.79. The average Bonchev–Trinajstić information content (AvgIpc) is 2.94. The van der Waals surface area contributed by atoms with Gasteiger partial charge in [-0.3, -0.25) is 0 Å². The van der Waals surface area contributed by atoms with Crippen LogP contribution in [0.4, 0.5) is 5.82 Å². The first kappa shape index (κ1) is 15.3. The van der Waals surface area contributed by atoms with Gasteiger partial charge in [-0.25, -0.2) is 4.98 Å². The Kier molecular flexibility index (Phi) is 5.83. The smallest absolute Gasteiger partial charge is 0.129 e. The zero-order valence-corrected chi connectivity index (χ0v) is 13.5. The van der Waals surface area contributed by atoms with Gasteiger partial charge in [0.1, 0.15) is 5.82 Å². The molecule has 2 rings (SSSR count). The quantitative estimate of drug-likeness (QED) is 0.785. The number of pyridine rings is 1. The molecule has 0 atom stereocenters. The zero-order chi connectivity index (χ0) is 14.4. The Balaban J connectivity index is 2.05. The van der Waals surface area contributed by atoms with Crippen molar-refractivity contribution in [2.75, 3.05) is 18.5 Å². The molecule has 0 fully saturated rings. The summed E-state index contributed by atoms with van der Waals surface area (Å²) in [6.07, 6.45) is 1.11. The van der Waals surface area contributed by atoms with Crippen molar-refractivity contribution in [1.29, 1.82) is 0 Å². The molecule has 2 aromatic rings. The molecule has 5 heteroatoms. The zero-order valence-electron chi connectivity index (χ0n) is 11.9. The summed E-state index contributed by atoms with van der Waals surface area (Å²) in [4.78, 5) is 6.80. The van der Waals surface area contributed by atoms with Crippen LogP contribution < -0.4 is 10.2 Å². The molecule has 0 aliphatic carbocycles. The fourth-order valence-electron chi connectivity index (χ4n) is 1.93. The number of rotatable bonds is 7. The number of anilines is 1. The van der Waals surface area contributed by atoms with Crippen molar-refractivity contribution < 1.29 is 0 Å². The van der Waals surface area contributed by atoms with Gasteiger partial charge in [0, 0.05) is 20.1 Å². The normalized spacial score (nSPS) is 10.8. The second-order valence-electron chi connectivity index (χ2n) is 4.76. The van der Waals surface area contributed by atoms with Crippen molar-refractivity contribution in [3.05, 3.63) is 45.2 Å².